The Bertz CT molecular complexity index is 851. The number of hydrogen-bond donors (Lipinski definition) is 0. The summed E-state index contributed by atoms with van der Waals surface area (Å²) >= 11 is 0. The Kier molecular flexibility index (Phi) is 5.52. The Labute approximate surface area is 153 Å². The van der Waals surface area contributed by atoms with E-state index in [1.54, 1.807) is 20.1 Å². The molecule has 26 heavy (non-hydrogen) atoms. The van der Waals surface area contributed by atoms with E-state index in [1.807, 2.05) is 42.5 Å². The van der Waals surface area contributed by atoms with Gasteiger partial charge in [-0.1, -0.05) is 30.3 Å². The summed E-state index contributed by atoms with van der Waals surface area (Å²) in [6, 6.07) is 13.1. The molecule has 0 spiro atoms. The van der Waals surface area contributed by atoms with Crippen LogP contribution in [0.15, 0.2) is 48.5 Å². The zero-order valence-corrected chi connectivity index (χ0v) is 15.0. The lowest BCUT2D eigenvalue weighted by Crippen LogP contribution is -2.23. The number of aryl methyl sites for hydroxylation is 2. The average Bonchev–Trinajstić information content (AvgIpc) is 3.13. The molecule has 0 bridgehead atoms. The van der Waals surface area contributed by atoms with Gasteiger partial charge in [0.15, 0.2) is 6.10 Å². The molecular formula is C22H22O4. The van der Waals surface area contributed by atoms with Crippen LogP contribution in [-0.4, -0.2) is 25.0 Å². The quantitative estimate of drug-likeness (QED) is 0.449. The molecule has 0 saturated carbocycles. The van der Waals surface area contributed by atoms with E-state index in [0.717, 1.165) is 24.8 Å². The fourth-order valence-electron chi connectivity index (χ4n) is 3.19. The molecule has 0 amide bonds. The zero-order chi connectivity index (χ0) is 18.5. The highest BCUT2D eigenvalue weighted by Crippen LogP contribution is 2.24. The van der Waals surface area contributed by atoms with Crippen LogP contribution >= 0.6 is 0 Å². The molecule has 0 fully saturated rings. The van der Waals surface area contributed by atoms with Crippen molar-refractivity contribution in [2.45, 2.75) is 32.3 Å². The number of para-hydroxylation sites is 1. The molecule has 0 unspecified atom stereocenters. The van der Waals surface area contributed by atoms with Crippen molar-refractivity contribution in [3.63, 3.8) is 0 Å². The molecule has 3 rings (SSSR count). The van der Waals surface area contributed by atoms with Crippen molar-refractivity contribution in [1.29, 1.82) is 0 Å². The Morgan fingerprint density at radius 2 is 1.85 bits per heavy atom. The lowest BCUT2D eigenvalue weighted by molar-refractivity contribution is -0.140. The number of methoxy groups -OCH3 is 1. The second-order valence-electron chi connectivity index (χ2n) is 6.36. The number of esters is 1. The van der Waals surface area contributed by atoms with Gasteiger partial charge in [0.25, 0.3) is 0 Å². The van der Waals surface area contributed by atoms with Gasteiger partial charge in [0.1, 0.15) is 5.75 Å². The van der Waals surface area contributed by atoms with E-state index in [1.165, 1.54) is 17.2 Å². The minimum Gasteiger partial charge on any atom is -0.496 e. The molecule has 134 valence electrons. The summed E-state index contributed by atoms with van der Waals surface area (Å²) in [6.07, 6.45) is 5.31. The topological polar surface area (TPSA) is 52.6 Å². The molecule has 1 atom stereocenters. The van der Waals surface area contributed by atoms with Crippen molar-refractivity contribution in [1.82, 2.24) is 0 Å². The smallest absolute Gasteiger partial charge is 0.331 e. The third-order valence-corrected chi connectivity index (χ3v) is 4.58. The molecule has 4 heteroatoms. The van der Waals surface area contributed by atoms with Crippen molar-refractivity contribution in [3.8, 4) is 5.75 Å². The molecule has 0 radical (unpaired) electrons. The fraction of sp³-hybridized carbons (Fsp3) is 0.273. The van der Waals surface area contributed by atoms with Crippen LogP contribution in [0.5, 0.6) is 5.75 Å². The number of carbonyl (C=O) groups is 2. The lowest BCUT2D eigenvalue weighted by Gasteiger charge is -2.12. The van der Waals surface area contributed by atoms with Crippen LogP contribution in [0.1, 0.15) is 40.4 Å². The fourth-order valence-corrected chi connectivity index (χ4v) is 3.19. The van der Waals surface area contributed by atoms with Crippen molar-refractivity contribution >= 4 is 17.8 Å². The van der Waals surface area contributed by atoms with Gasteiger partial charge >= 0.3 is 5.97 Å². The van der Waals surface area contributed by atoms with Crippen molar-refractivity contribution < 1.29 is 19.1 Å². The Balaban J connectivity index is 1.63. The molecule has 1 aliphatic rings. The summed E-state index contributed by atoms with van der Waals surface area (Å²) < 4.78 is 10.5. The second kappa shape index (κ2) is 8.00. The zero-order valence-electron chi connectivity index (χ0n) is 15.0. The number of Topliss-reactive ketones (excluding diaryl/α,β-unsaturated/α-hetero) is 1. The molecule has 0 aliphatic heterocycles. The molecule has 0 heterocycles. The summed E-state index contributed by atoms with van der Waals surface area (Å²) in [6.45, 7) is 1.60. The highest BCUT2D eigenvalue weighted by Gasteiger charge is 2.20. The molecule has 2 aromatic carbocycles. The second-order valence-corrected chi connectivity index (χ2v) is 6.36. The molecule has 0 N–H and O–H groups in total. The van der Waals surface area contributed by atoms with Crippen molar-refractivity contribution in [3.05, 3.63) is 70.8 Å². The average molecular weight is 350 g/mol. The van der Waals surface area contributed by atoms with Gasteiger partial charge in [-0.15, -0.1) is 0 Å². The first-order chi connectivity index (χ1) is 12.6. The predicted molar refractivity (Wildman–Crippen MR) is 100 cm³/mol. The maximum Gasteiger partial charge on any atom is 0.331 e. The van der Waals surface area contributed by atoms with Crippen LogP contribution in [0.25, 0.3) is 6.08 Å². The molecule has 4 nitrogen and oxygen atoms in total. The van der Waals surface area contributed by atoms with Gasteiger partial charge in [0.2, 0.25) is 5.78 Å². The number of benzene rings is 2. The van der Waals surface area contributed by atoms with Gasteiger partial charge < -0.3 is 9.47 Å². The van der Waals surface area contributed by atoms with Gasteiger partial charge in [-0.25, -0.2) is 4.79 Å². The molecule has 0 saturated heterocycles. The van der Waals surface area contributed by atoms with E-state index in [2.05, 4.69) is 0 Å². The number of carbonyl (C=O) groups excluding carboxylic acids is 2. The lowest BCUT2D eigenvalue weighted by atomic mass is 10.0. The summed E-state index contributed by atoms with van der Waals surface area (Å²) in [7, 11) is 1.57. The number of fused-ring (bicyclic) bond motifs is 1. The standard InChI is InChI=1S/C22H22O4/c1-15(22(24)19-11-10-16-7-5-8-18(16)14-19)26-21(23)13-12-17-6-3-4-9-20(17)25-2/h3-4,6,9-15H,5,7-8H2,1-2H3/b13-12+/t15-/m1/s1. The molecular weight excluding hydrogens is 328 g/mol. The van der Waals surface area contributed by atoms with E-state index in [4.69, 9.17) is 9.47 Å². The van der Waals surface area contributed by atoms with Crippen LogP contribution in [0.3, 0.4) is 0 Å². The third-order valence-electron chi connectivity index (χ3n) is 4.58. The van der Waals surface area contributed by atoms with Crippen LogP contribution in [0.4, 0.5) is 0 Å². The number of hydrogen-bond acceptors (Lipinski definition) is 4. The minimum absolute atomic E-state index is 0.182. The predicted octanol–water partition coefficient (Wildman–Crippen LogP) is 4.01. The first-order valence-corrected chi connectivity index (χ1v) is 8.76. The van der Waals surface area contributed by atoms with Crippen LogP contribution in [0.2, 0.25) is 0 Å². The summed E-state index contributed by atoms with van der Waals surface area (Å²) in [5.74, 6) is -0.0736. The monoisotopic (exact) mass is 350 g/mol. The normalized spacial score (nSPS) is 14.1. The molecule has 2 aromatic rings. The van der Waals surface area contributed by atoms with Crippen LogP contribution in [0, 0.1) is 0 Å². The largest absolute Gasteiger partial charge is 0.496 e. The van der Waals surface area contributed by atoms with Gasteiger partial charge in [0, 0.05) is 17.2 Å². The first-order valence-electron chi connectivity index (χ1n) is 8.76. The summed E-state index contributed by atoms with van der Waals surface area (Å²) in [4.78, 5) is 24.6. The molecule has 0 aromatic heterocycles. The van der Waals surface area contributed by atoms with Crippen LogP contribution < -0.4 is 4.74 Å². The van der Waals surface area contributed by atoms with E-state index in [-0.39, 0.29) is 5.78 Å². The maximum atomic E-state index is 12.5. The Morgan fingerprint density at radius 3 is 2.65 bits per heavy atom. The van der Waals surface area contributed by atoms with E-state index in [9.17, 15) is 9.59 Å². The Hall–Kier alpha value is -2.88. The number of ketones is 1. The molecule has 1 aliphatic carbocycles. The summed E-state index contributed by atoms with van der Waals surface area (Å²) in [5, 5.41) is 0. The van der Waals surface area contributed by atoms with E-state index in [0.29, 0.717) is 11.3 Å². The highest BCUT2D eigenvalue weighted by molar-refractivity contribution is 6.01. The summed E-state index contributed by atoms with van der Waals surface area (Å²) in [5.41, 5.74) is 3.90. The minimum atomic E-state index is -0.829. The van der Waals surface area contributed by atoms with Gasteiger partial charge in [-0.2, -0.15) is 0 Å². The van der Waals surface area contributed by atoms with Crippen molar-refractivity contribution in [2.75, 3.05) is 7.11 Å². The van der Waals surface area contributed by atoms with Crippen LogP contribution in [-0.2, 0) is 22.4 Å². The number of ether oxygens (including phenoxy) is 2. The highest BCUT2D eigenvalue weighted by atomic mass is 16.5. The first kappa shape index (κ1) is 17.9. The van der Waals surface area contributed by atoms with Gasteiger partial charge in [0.05, 0.1) is 7.11 Å². The van der Waals surface area contributed by atoms with E-state index < -0.39 is 12.1 Å². The van der Waals surface area contributed by atoms with Crippen molar-refractivity contribution in [2.24, 2.45) is 0 Å². The number of rotatable bonds is 6. The SMILES string of the molecule is COc1ccccc1/C=C/C(=O)O[C@H](C)C(=O)c1ccc2c(c1)CCC2. The third kappa shape index (κ3) is 4.02. The van der Waals surface area contributed by atoms with Gasteiger partial charge in [-0.3, -0.25) is 4.79 Å². The van der Waals surface area contributed by atoms with E-state index >= 15 is 0 Å². The maximum absolute atomic E-state index is 12.5. The van der Waals surface area contributed by atoms with Gasteiger partial charge in [-0.05, 0) is 55.5 Å². The Morgan fingerprint density at radius 1 is 1.08 bits per heavy atom.